The molecule has 0 spiro atoms. The summed E-state index contributed by atoms with van der Waals surface area (Å²) in [5, 5.41) is 9.84. The van der Waals surface area contributed by atoms with Gasteiger partial charge in [0.15, 0.2) is 0 Å². The van der Waals surface area contributed by atoms with Crippen LogP contribution in [0.2, 0.25) is 0 Å². The summed E-state index contributed by atoms with van der Waals surface area (Å²) in [5.41, 5.74) is 5.59. The molecule has 17 heavy (non-hydrogen) atoms. The molecule has 1 saturated heterocycles. The van der Waals surface area contributed by atoms with Crippen molar-refractivity contribution < 1.29 is 9.90 Å². The molecule has 4 heteroatoms. The van der Waals surface area contributed by atoms with Crippen molar-refractivity contribution in [1.29, 1.82) is 0 Å². The number of aliphatic hydroxyl groups excluding tert-OH is 1. The molecule has 0 aromatic carbocycles. The highest BCUT2D eigenvalue weighted by Gasteiger charge is 2.40. The molecule has 1 amide bonds. The van der Waals surface area contributed by atoms with Gasteiger partial charge in [-0.1, -0.05) is 26.2 Å². The Labute approximate surface area is 103 Å². The van der Waals surface area contributed by atoms with Gasteiger partial charge < -0.3 is 15.7 Å². The van der Waals surface area contributed by atoms with E-state index in [4.69, 9.17) is 5.73 Å². The van der Waals surface area contributed by atoms with Gasteiger partial charge in [0.2, 0.25) is 5.91 Å². The summed E-state index contributed by atoms with van der Waals surface area (Å²) in [6, 6.07) is 0. The fraction of sp³-hybridized carbons (Fsp3) is 0.923. The van der Waals surface area contributed by atoms with Crippen molar-refractivity contribution in [2.75, 3.05) is 13.1 Å². The van der Waals surface area contributed by atoms with Crippen LogP contribution in [0.1, 0.15) is 45.4 Å². The van der Waals surface area contributed by atoms with Crippen LogP contribution < -0.4 is 5.73 Å². The maximum Gasteiger partial charge on any atom is 0.242 e. The largest absolute Gasteiger partial charge is 0.391 e. The fourth-order valence-corrected chi connectivity index (χ4v) is 2.94. The number of aliphatic hydroxyl groups is 1. The Balaban J connectivity index is 1.99. The number of hydrogen-bond donors (Lipinski definition) is 2. The molecule has 2 rings (SSSR count). The normalized spacial score (nSPS) is 33.5. The second kappa shape index (κ2) is 4.94. The van der Waals surface area contributed by atoms with Crippen molar-refractivity contribution in [3.63, 3.8) is 0 Å². The minimum atomic E-state index is -0.654. The van der Waals surface area contributed by atoms with Gasteiger partial charge in [0.1, 0.15) is 0 Å². The average molecular weight is 240 g/mol. The monoisotopic (exact) mass is 240 g/mol. The number of piperidine rings is 1. The third-order valence-electron chi connectivity index (χ3n) is 4.38. The van der Waals surface area contributed by atoms with Crippen LogP contribution in [0.25, 0.3) is 0 Å². The van der Waals surface area contributed by atoms with Gasteiger partial charge in [-0.05, 0) is 25.2 Å². The predicted molar refractivity (Wildman–Crippen MR) is 66.4 cm³/mol. The molecule has 2 atom stereocenters. The fourth-order valence-electron chi connectivity index (χ4n) is 2.94. The molecular weight excluding hydrogens is 216 g/mol. The Morgan fingerprint density at radius 2 is 2.00 bits per heavy atom. The molecule has 4 nitrogen and oxygen atoms in total. The SMILES string of the molecule is CC1CCN(C(=O)C2(N)CCCCC2)CC1O. The molecular formula is C13H24N2O2. The topological polar surface area (TPSA) is 66.6 Å². The maximum atomic E-state index is 12.4. The predicted octanol–water partition coefficient (Wildman–Crippen LogP) is 0.877. The highest BCUT2D eigenvalue weighted by Crippen LogP contribution is 2.29. The van der Waals surface area contributed by atoms with Crippen molar-refractivity contribution >= 4 is 5.91 Å². The molecule has 0 aromatic heterocycles. The van der Waals surface area contributed by atoms with E-state index in [1.807, 2.05) is 6.92 Å². The Morgan fingerprint density at radius 3 is 2.59 bits per heavy atom. The van der Waals surface area contributed by atoms with E-state index in [1.54, 1.807) is 4.90 Å². The van der Waals surface area contributed by atoms with E-state index in [2.05, 4.69) is 0 Å². The Bertz CT molecular complexity index is 287. The summed E-state index contributed by atoms with van der Waals surface area (Å²) in [5.74, 6) is 0.349. The van der Waals surface area contributed by atoms with Gasteiger partial charge in [-0.3, -0.25) is 4.79 Å². The first kappa shape index (κ1) is 12.8. The lowest BCUT2D eigenvalue weighted by Gasteiger charge is -2.41. The first-order valence-corrected chi connectivity index (χ1v) is 6.79. The van der Waals surface area contributed by atoms with E-state index in [0.717, 1.165) is 38.6 Å². The molecule has 98 valence electrons. The molecule has 2 unspecified atom stereocenters. The maximum absolute atomic E-state index is 12.4. The van der Waals surface area contributed by atoms with E-state index < -0.39 is 5.54 Å². The molecule has 1 saturated carbocycles. The summed E-state index contributed by atoms with van der Waals surface area (Å²) in [7, 11) is 0. The van der Waals surface area contributed by atoms with Gasteiger partial charge in [0, 0.05) is 13.1 Å². The molecule has 0 radical (unpaired) electrons. The second-order valence-corrected chi connectivity index (χ2v) is 5.80. The summed E-state index contributed by atoms with van der Waals surface area (Å²) >= 11 is 0. The van der Waals surface area contributed by atoms with Gasteiger partial charge in [0.05, 0.1) is 11.6 Å². The standard InChI is InChI=1S/C13H24N2O2/c1-10-5-8-15(9-11(10)16)12(17)13(14)6-3-2-4-7-13/h10-11,16H,2-9,14H2,1H3. The number of likely N-dealkylation sites (tertiary alicyclic amines) is 1. The van der Waals surface area contributed by atoms with Crippen LogP contribution in [0.15, 0.2) is 0 Å². The number of nitrogens with zero attached hydrogens (tertiary/aromatic N) is 1. The van der Waals surface area contributed by atoms with Crippen LogP contribution in [0, 0.1) is 5.92 Å². The van der Waals surface area contributed by atoms with Crippen LogP contribution in [0.4, 0.5) is 0 Å². The number of hydrogen-bond acceptors (Lipinski definition) is 3. The quantitative estimate of drug-likeness (QED) is 0.715. The van der Waals surface area contributed by atoms with Gasteiger partial charge in [-0.2, -0.15) is 0 Å². The van der Waals surface area contributed by atoms with Crippen molar-refractivity contribution in [1.82, 2.24) is 4.90 Å². The summed E-state index contributed by atoms with van der Waals surface area (Å²) in [6.45, 7) is 3.24. The van der Waals surface area contributed by atoms with E-state index in [9.17, 15) is 9.90 Å². The Morgan fingerprint density at radius 1 is 1.35 bits per heavy atom. The molecule has 1 heterocycles. The lowest BCUT2D eigenvalue weighted by atomic mass is 9.81. The molecule has 1 aliphatic carbocycles. The molecule has 1 aliphatic heterocycles. The average Bonchev–Trinajstić information content (AvgIpc) is 2.33. The molecule has 2 aliphatic rings. The Hall–Kier alpha value is -0.610. The number of β-amino-alcohol motifs (C(OH)–C–C–N with tert-alkyl or cyclic N) is 1. The number of amides is 1. The first-order chi connectivity index (χ1) is 8.03. The van der Waals surface area contributed by atoms with Gasteiger partial charge >= 0.3 is 0 Å². The van der Waals surface area contributed by atoms with Crippen molar-refractivity contribution in [2.24, 2.45) is 11.7 Å². The lowest BCUT2D eigenvalue weighted by molar-refractivity contribution is -0.142. The van der Waals surface area contributed by atoms with E-state index in [-0.39, 0.29) is 12.0 Å². The van der Waals surface area contributed by atoms with Crippen LogP contribution in [0.3, 0.4) is 0 Å². The van der Waals surface area contributed by atoms with E-state index >= 15 is 0 Å². The third-order valence-corrected chi connectivity index (χ3v) is 4.38. The highest BCUT2D eigenvalue weighted by atomic mass is 16.3. The number of rotatable bonds is 1. The Kier molecular flexibility index (Phi) is 3.73. The third kappa shape index (κ3) is 2.63. The van der Waals surface area contributed by atoms with Crippen molar-refractivity contribution in [3.05, 3.63) is 0 Å². The van der Waals surface area contributed by atoms with E-state index in [0.29, 0.717) is 12.5 Å². The van der Waals surface area contributed by atoms with Gasteiger partial charge in [-0.25, -0.2) is 0 Å². The molecule has 3 N–H and O–H groups in total. The molecule has 0 bridgehead atoms. The number of nitrogens with two attached hydrogens (primary N) is 1. The summed E-state index contributed by atoms with van der Waals surface area (Å²) < 4.78 is 0. The van der Waals surface area contributed by atoms with Crippen LogP contribution >= 0.6 is 0 Å². The minimum absolute atomic E-state index is 0.0585. The van der Waals surface area contributed by atoms with Crippen LogP contribution in [0.5, 0.6) is 0 Å². The summed E-state index contributed by atoms with van der Waals surface area (Å²) in [6.07, 6.45) is 5.38. The van der Waals surface area contributed by atoms with E-state index in [1.165, 1.54) is 6.42 Å². The van der Waals surface area contributed by atoms with Crippen molar-refractivity contribution in [3.8, 4) is 0 Å². The smallest absolute Gasteiger partial charge is 0.242 e. The van der Waals surface area contributed by atoms with Gasteiger partial charge in [-0.15, -0.1) is 0 Å². The van der Waals surface area contributed by atoms with Crippen molar-refractivity contribution in [2.45, 2.75) is 57.1 Å². The molecule has 0 aromatic rings. The van der Waals surface area contributed by atoms with Crippen LogP contribution in [-0.2, 0) is 4.79 Å². The first-order valence-electron chi connectivity index (χ1n) is 6.79. The molecule has 2 fully saturated rings. The highest BCUT2D eigenvalue weighted by molar-refractivity contribution is 5.86. The zero-order valence-corrected chi connectivity index (χ0v) is 10.7. The summed E-state index contributed by atoms with van der Waals surface area (Å²) in [4.78, 5) is 14.2. The number of carbonyl (C=O) groups excluding carboxylic acids is 1. The zero-order chi connectivity index (χ0) is 12.5. The minimum Gasteiger partial charge on any atom is -0.391 e. The lowest BCUT2D eigenvalue weighted by Crippen LogP contribution is -2.59. The second-order valence-electron chi connectivity index (χ2n) is 5.80. The number of carbonyl (C=O) groups is 1. The zero-order valence-electron chi connectivity index (χ0n) is 10.7. The van der Waals surface area contributed by atoms with Gasteiger partial charge in [0.25, 0.3) is 0 Å². The van der Waals surface area contributed by atoms with Crippen LogP contribution in [-0.4, -0.2) is 40.6 Å².